The monoisotopic (exact) mass is 264 g/mol. The van der Waals surface area contributed by atoms with Gasteiger partial charge in [0.2, 0.25) is 5.91 Å². The van der Waals surface area contributed by atoms with Gasteiger partial charge in [-0.25, -0.2) is 4.79 Å². The minimum atomic E-state index is -0.992. The molecule has 0 aromatic carbocycles. The molecule has 104 valence electrons. The van der Waals surface area contributed by atoms with E-state index in [1.807, 2.05) is 11.8 Å². The van der Waals surface area contributed by atoms with E-state index < -0.39 is 5.97 Å². The Bertz CT molecular complexity index is 485. The number of nitrogens with zero attached hydrogens (tertiary/aromatic N) is 2. The third-order valence-electron chi connectivity index (χ3n) is 3.85. The van der Waals surface area contributed by atoms with Crippen LogP contribution < -0.4 is 0 Å². The maximum Gasteiger partial charge on any atom is 0.352 e. The molecule has 1 saturated heterocycles. The Morgan fingerprint density at radius 1 is 1.32 bits per heavy atom. The van der Waals surface area contributed by atoms with Crippen molar-refractivity contribution in [2.45, 2.75) is 33.2 Å². The third kappa shape index (κ3) is 2.97. The third-order valence-corrected chi connectivity index (χ3v) is 3.85. The van der Waals surface area contributed by atoms with E-state index in [0.29, 0.717) is 5.92 Å². The molecule has 0 aliphatic carbocycles. The molecule has 5 nitrogen and oxygen atoms in total. The maximum absolute atomic E-state index is 12.2. The summed E-state index contributed by atoms with van der Waals surface area (Å²) >= 11 is 0. The molecule has 1 aliphatic rings. The lowest BCUT2D eigenvalue weighted by Crippen LogP contribution is -2.40. The average molecular weight is 264 g/mol. The van der Waals surface area contributed by atoms with Gasteiger partial charge in [-0.2, -0.15) is 0 Å². The molecule has 0 saturated carbocycles. The number of carbonyl (C=O) groups excluding carboxylic acids is 1. The number of carboxylic acids is 1. The summed E-state index contributed by atoms with van der Waals surface area (Å²) in [6.45, 7) is 5.69. The van der Waals surface area contributed by atoms with Gasteiger partial charge in [-0.3, -0.25) is 4.79 Å². The molecule has 0 bridgehead atoms. The fourth-order valence-electron chi connectivity index (χ4n) is 2.46. The zero-order valence-electron chi connectivity index (χ0n) is 11.4. The van der Waals surface area contributed by atoms with E-state index in [4.69, 9.17) is 5.11 Å². The lowest BCUT2D eigenvalue weighted by molar-refractivity contribution is -0.133. The summed E-state index contributed by atoms with van der Waals surface area (Å²) in [7, 11) is 0. The lowest BCUT2D eigenvalue weighted by atomic mass is 9.99. The van der Waals surface area contributed by atoms with Crippen molar-refractivity contribution in [3.05, 3.63) is 23.5 Å². The molecular formula is C14H20N2O3. The number of hydrogen-bond acceptors (Lipinski definition) is 2. The number of piperidine rings is 1. The highest BCUT2D eigenvalue weighted by Crippen LogP contribution is 2.17. The maximum atomic E-state index is 12.2. The molecule has 1 aromatic rings. The van der Waals surface area contributed by atoms with Gasteiger partial charge in [-0.1, -0.05) is 6.92 Å². The quantitative estimate of drug-likeness (QED) is 0.904. The average Bonchev–Trinajstić information content (AvgIpc) is 2.72. The van der Waals surface area contributed by atoms with E-state index >= 15 is 0 Å². The van der Waals surface area contributed by atoms with Gasteiger partial charge < -0.3 is 14.6 Å². The molecule has 1 N–H and O–H groups in total. The first-order chi connectivity index (χ1) is 8.99. The zero-order valence-corrected chi connectivity index (χ0v) is 11.4. The summed E-state index contributed by atoms with van der Waals surface area (Å²) in [5.74, 6) is -0.311. The number of carbonyl (C=O) groups is 2. The van der Waals surface area contributed by atoms with Crippen LogP contribution in [0.3, 0.4) is 0 Å². The van der Waals surface area contributed by atoms with E-state index in [0.717, 1.165) is 31.6 Å². The first kappa shape index (κ1) is 13.6. The van der Waals surface area contributed by atoms with Crippen molar-refractivity contribution in [2.24, 2.45) is 5.92 Å². The van der Waals surface area contributed by atoms with Gasteiger partial charge in [0.15, 0.2) is 0 Å². The van der Waals surface area contributed by atoms with Crippen molar-refractivity contribution < 1.29 is 14.7 Å². The summed E-state index contributed by atoms with van der Waals surface area (Å²) in [6.07, 6.45) is 2.06. The highest BCUT2D eigenvalue weighted by Gasteiger charge is 2.22. The van der Waals surface area contributed by atoms with Crippen LogP contribution in [0.4, 0.5) is 0 Å². The Morgan fingerprint density at radius 2 is 1.95 bits per heavy atom. The molecule has 19 heavy (non-hydrogen) atoms. The van der Waals surface area contributed by atoms with Gasteiger partial charge in [-0.05, 0) is 37.8 Å². The highest BCUT2D eigenvalue weighted by atomic mass is 16.4. The molecule has 1 aromatic heterocycles. The zero-order chi connectivity index (χ0) is 14.0. The molecule has 0 unspecified atom stereocenters. The molecule has 1 aliphatic heterocycles. The largest absolute Gasteiger partial charge is 0.477 e. The molecule has 5 heteroatoms. The van der Waals surface area contributed by atoms with Gasteiger partial charge in [-0.15, -0.1) is 0 Å². The molecule has 0 atom stereocenters. The van der Waals surface area contributed by atoms with Gasteiger partial charge in [0, 0.05) is 18.8 Å². The van der Waals surface area contributed by atoms with Crippen LogP contribution in [-0.2, 0) is 11.3 Å². The number of aromatic carboxylic acids is 1. The summed E-state index contributed by atoms with van der Waals surface area (Å²) in [6, 6.07) is 3.28. The van der Waals surface area contributed by atoms with Crippen LogP contribution in [-0.4, -0.2) is 39.5 Å². The van der Waals surface area contributed by atoms with Crippen molar-refractivity contribution in [3.8, 4) is 0 Å². The van der Waals surface area contributed by atoms with Crippen molar-refractivity contribution in [3.63, 3.8) is 0 Å². The highest BCUT2D eigenvalue weighted by molar-refractivity contribution is 5.87. The Morgan fingerprint density at radius 3 is 2.53 bits per heavy atom. The second-order valence-corrected chi connectivity index (χ2v) is 5.31. The van der Waals surface area contributed by atoms with Gasteiger partial charge in [0.05, 0.1) is 0 Å². The normalized spacial score (nSPS) is 16.6. The molecular weight excluding hydrogens is 244 g/mol. The predicted molar refractivity (Wildman–Crippen MR) is 71.1 cm³/mol. The Labute approximate surface area is 112 Å². The predicted octanol–water partition coefficient (Wildman–Crippen LogP) is 1.75. The summed E-state index contributed by atoms with van der Waals surface area (Å²) in [5.41, 5.74) is 0.979. The fraction of sp³-hybridized carbons (Fsp3) is 0.571. The minimum Gasteiger partial charge on any atom is -0.477 e. The molecule has 1 amide bonds. The Kier molecular flexibility index (Phi) is 3.93. The van der Waals surface area contributed by atoms with E-state index in [2.05, 4.69) is 6.92 Å². The molecule has 0 spiro atoms. The first-order valence-electron chi connectivity index (χ1n) is 6.66. The van der Waals surface area contributed by atoms with E-state index in [1.54, 1.807) is 16.7 Å². The van der Waals surface area contributed by atoms with Crippen LogP contribution in [0.5, 0.6) is 0 Å². The number of rotatable bonds is 3. The number of amides is 1. The summed E-state index contributed by atoms with van der Waals surface area (Å²) in [5, 5.41) is 9.09. The van der Waals surface area contributed by atoms with Gasteiger partial charge >= 0.3 is 5.97 Å². The smallest absolute Gasteiger partial charge is 0.352 e. The number of aryl methyl sites for hydroxylation is 1. The number of carboxylic acid groups (broad SMARTS) is 1. The fourth-order valence-corrected chi connectivity index (χ4v) is 2.46. The summed E-state index contributed by atoms with van der Waals surface area (Å²) < 4.78 is 1.57. The molecule has 2 rings (SSSR count). The first-order valence-corrected chi connectivity index (χ1v) is 6.66. The number of likely N-dealkylation sites (tertiary alicyclic amines) is 1. The number of aromatic nitrogens is 1. The van der Waals surface area contributed by atoms with Crippen molar-refractivity contribution in [1.29, 1.82) is 0 Å². The lowest BCUT2D eigenvalue weighted by Gasteiger charge is -2.30. The Balaban J connectivity index is 2.07. The van der Waals surface area contributed by atoms with E-state index in [9.17, 15) is 9.59 Å². The van der Waals surface area contributed by atoms with Crippen molar-refractivity contribution in [2.75, 3.05) is 13.1 Å². The van der Waals surface area contributed by atoms with Crippen LogP contribution in [0, 0.1) is 12.8 Å². The van der Waals surface area contributed by atoms with Crippen LogP contribution in [0.15, 0.2) is 12.1 Å². The van der Waals surface area contributed by atoms with Gasteiger partial charge in [0.1, 0.15) is 12.2 Å². The van der Waals surface area contributed by atoms with E-state index in [-0.39, 0.29) is 18.1 Å². The molecule has 1 fully saturated rings. The topological polar surface area (TPSA) is 62.5 Å². The molecule has 0 radical (unpaired) electrons. The second kappa shape index (κ2) is 5.47. The number of hydrogen-bond donors (Lipinski definition) is 1. The SMILES string of the molecule is Cc1ccc(C(=O)O)n1CC(=O)N1CCC(C)CC1. The van der Waals surface area contributed by atoms with Crippen molar-refractivity contribution >= 4 is 11.9 Å². The van der Waals surface area contributed by atoms with Crippen LogP contribution in [0.1, 0.15) is 35.9 Å². The second-order valence-electron chi connectivity index (χ2n) is 5.31. The Hall–Kier alpha value is -1.78. The van der Waals surface area contributed by atoms with Crippen LogP contribution in [0.25, 0.3) is 0 Å². The van der Waals surface area contributed by atoms with Gasteiger partial charge in [0.25, 0.3) is 0 Å². The van der Waals surface area contributed by atoms with Crippen molar-refractivity contribution in [1.82, 2.24) is 9.47 Å². The van der Waals surface area contributed by atoms with E-state index in [1.165, 1.54) is 0 Å². The molecule has 2 heterocycles. The van der Waals surface area contributed by atoms with Crippen LogP contribution >= 0.6 is 0 Å². The minimum absolute atomic E-state index is 0.00806. The summed E-state index contributed by atoms with van der Waals surface area (Å²) in [4.78, 5) is 25.1. The standard InChI is InChI=1S/C14H20N2O3/c1-10-5-7-15(8-6-10)13(17)9-16-11(2)3-4-12(16)14(18)19/h3-4,10H,5-9H2,1-2H3,(H,18,19). The van der Waals surface area contributed by atoms with Crippen LogP contribution in [0.2, 0.25) is 0 Å².